The van der Waals surface area contributed by atoms with Crippen molar-refractivity contribution < 1.29 is 4.79 Å². The predicted octanol–water partition coefficient (Wildman–Crippen LogP) is 1.30. The first kappa shape index (κ1) is 15.4. The molecule has 3 N–H and O–H groups in total. The third-order valence-electron chi connectivity index (χ3n) is 2.87. The van der Waals surface area contributed by atoms with Crippen molar-refractivity contribution in [3.05, 3.63) is 23.4 Å². The van der Waals surface area contributed by atoms with Crippen LogP contribution in [0.5, 0.6) is 0 Å². The second kappa shape index (κ2) is 6.47. The van der Waals surface area contributed by atoms with Crippen molar-refractivity contribution in [1.82, 2.24) is 9.88 Å². The minimum Gasteiger partial charge on any atom is -0.389 e. The lowest BCUT2D eigenvalue weighted by Gasteiger charge is -2.22. The fraction of sp³-hybridized carbons (Fsp3) is 0.462. The second-order valence-corrected chi connectivity index (χ2v) is 4.87. The minimum atomic E-state index is -0.382. The zero-order valence-electron chi connectivity index (χ0n) is 11.7. The van der Waals surface area contributed by atoms with Gasteiger partial charge in [-0.2, -0.15) is 0 Å². The van der Waals surface area contributed by atoms with Crippen LogP contribution in [0, 0.1) is 6.92 Å². The van der Waals surface area contributed by atoms with Gasteiger partial charge < -0.3 is 16.0 Å². The molecule has 1 aromatic rings. The summed E-state index contributed by atoms with van der Waals surface area (Å²) >= 11 is 4.99. The molecule has 5 nitrogen and oxygen atoms in total. The number of anilines is 1. The van der Waals surface area contributed by atoms with E-state index in [1.54, 1.807) is 18.9 Å². The van der Waals surface area contributed by atoms with Crippen molar-refractivity contribution in [1.29, 1.82) is 0 Å². The maximum absolute atomic E-state index is 12.0. The van der Waals surface area contributed by atoms with Crippen LogP contribution in [-0.4, -0.2) is 40.4 Å². The van der Waals surface area contributed by atoms with E-state index in [4.69, 9.17) is 18.0 Å². The van der Waals surface area contributed by atoms with E-state index in [-0.39, 0.29) is 16.9 Å². The van der Waals surface area contributed by atoms with Crippen molar-refractivity contribution in [3.8, 4) is 0 Å². The molecule has 0 aliphatic heterocycles. The summed E-state index contributed by atoms with van der Waals surface area (Å²) in [4.78, 5) is 18.3. The smallest absolute Gasteiger partial charge is 0.244 e. The lowest BCUT2D eigenvalue weighted by Crippen LogP contribution is -2.39. The summed E-state index contributed by atoms with van der Waals surface area (Å²) in [6.45, 7) is 6.26. The third-order valence-corrected chi connectivity index (χ3v) is 3.09. The number of thiocarbonyl (C=S) groups is 1. The van der Waals surface area contributed by atoms with Crippen LogP contribution in [-0.2, 0) is 4.79 Å². The van der Waals surface area contributed by atoms with E-state index < -0.39 is 0 Å². The van der Waals surface area contributed by atoms with E-state index in [0.717, 1.165) is 5.69 Å². The first-order chi connectivity index (χ1) is 8.86. The molecule has 1 unspecified atom stereocenters. The molecule has 1 rings (SSSR count). The minimum absolute atomic E-state index is 0.000282. The number of pyridine rings is 1. The summed E-state index contributed by atoms with van der Waals surface area (Å²) in [5.74, 6) is 0.553. The van der Waals surface area contributed by atoms with Gasteiger partial charge in [0.15, 0.2) is 0 Å². The Morgan fingerprint density at radius 3 is 2.74 bits per heavy atom. The maximum Gasteiger partial charge on any atom is 0.244 e. The van der Waals surface area contributed by atoms with Gasteiger partial charge in [0, 0.05) is 19.3 Å². The van der Waals surface area contributed by atoms with Crippen molar-refractivity contribution in [2.24, 2.45) is 5.73 Å². The first-order valence-corrected chi connectivity index (χ1v) is 6.56. The highest BCUT2D eigenvalue weighted by Gasteiger charge is 2.18. The molecule has 0 fully saturated rings. The Morgan fingerprint density at radius 1 is 1.58 bits per heavy atom. The number of nitrogens with one attached hydrogen (secondary N) is 1. The van der Waals surface area contributed by atoms with Gasteiger partial charge in [-0.3, -0.25) is 4.79 Å². The molecule has 0 spiro atoms. The zero-order valence-corrected chi connectivity index (χ0v) is 12.5. The Labute approximate surface area is 119 Å². The van der Waals surface area contributed by atoms with Crippen molar-refractivity contribution >= 4 is 28.9 Å². The second-order valence-electron chi connectivity index (χ2n) is 4.43. The molecule has 1 amide bonds. The average molecular weight is 280 g/mol. The molecular weight excluding hydrogens is 260 g/mol. The highest BCUT2D eigenvalue weighted by Crippen LogP contribution is 2.15. The van der Waals surface area contributed by atoms with Crippen LogP contribution in [0.15, 0.2) is 12.1 Å². The number of aromatic nitrogens is 1. The SMILES string of the molecule is CCN(C)C(=O)C(C)Nc1nc(C)ccc1C(N)=S. The molecule has 19 heavy (non-hydrogen) atoms. The van der Waals surface area contributed by atoms with Crippen LogP contribution < -0.4 is 11.1 Å². The van der Waals surface area contributed by atoms with E-state index in [1.807, 2.05) is 26.0 Å². The van der Waals surface area contributed by atoms with Crippen LogP contribution >= 0.6 is 12.2 Å². The van der Waals surface area contributed by atoms with E-state index >= 15 is 0 Å². The lowest BCUT2D eigenvalue weighted by atomic mass is 10.2. The lowest BCUT2D eigenvalue weighted by molar-refractivity contribution is -0.130. The monoisotopic (exact) mass is 280 g/mol. The standard InChI is InChI=1S/C13H20N4OS/c1-5-17(4)13(18)9(3)16-12-10(11(14)19)7-6-8(2)15-12/h6-7,9H,5H2,1-4H3,(H2,14,19)(H,15,16). The van der Waals surface area contributed by atoms with Gasteiger partial charge in [-0.1, -0.05) is 12.2 Å². The molecule has 1 aromatic heterocycles. The quantitative estimate of drug-likeness (QED) is 0.796. The number of aryl methyl sites for hydroxylation is 1. The van der Waals surface area contributed by atoms with Crippen LogP contribution in [0.25, 0.3) is 0 Å². The van der Waals surface area contributed by atoms with Crippen LogP contribution in [0.4, 0.5) is 5.82 Å². The van der Waals surface area contributed by atoms with E-state index in [9.17, 15) is 4.79 Å². The van der Waals surface area contributed by atoms with E-state index in [1.165, 1.54) is 0 Å². The maximum atomic E-state index is 12.0. The molecule has 0 aliphatic carbocycles. The van der Waals surface area contributed by atoms with Crippen LogP contribution in [0.1, 0.15) is 25.1 Å². The molecule has 0 radical (unpaired) electrons. The molecule has 6 heteroatoms. The van der Waals surface area contributed by atoms with Gasteiger partial charge in [0.1, 0.15) is 16.8 Å². The van der Waals surface area contributed by atoms with Gasteiger partial charge in [0.25, 0.3) is 0 Å². The average Bonchev–Trinajstić information content (AvgIpc) is 2.36. The largest absolute Gasteiger partial charge is 0.389 e. The summed E-state index contributed by atoms with van der Waals surface area (Å²) in [7, 11) is 1.76. The van der Waals surface area contributed by atoms with Gasteiger partial charge >= 0.3 is 0 Å². The Hall–Kier alpha value is -1.69. The molecule has 0 saturated carbocycles. The topological polar surface area (TPSA) is 71.2 Å². The van der Waals surface area contributed by atoms with Crippen molar-refractivity contribution in [2.75, 3.05) is 18.9 Å². The summed E-state index contributed by atoms with van der Waals surface area (Å²) in [6, 6.07) is 3.27. The first-order valence-electron chi connectivity index (χ1n) is 6.15. The fourth-order valence-electron chi connectivity index (χ4n) is 1.62. The van der Waals surface area contributed by atoms with Crippen LogP contribution in [0.2, 0.25) is 0 Å². The molecule has 104 valence electrons. The summed E-state index contributed by atoms with van der Waals surface area (Å²) in [6.07, 6.45) is 0. The number of carbonyl (C=O) groups excluding carboxylic acids is 1. The zero-order chi connectivity index (χ0) is 14.6. The van der Waals surface area contributed by atoms with Gasteiger partial charge in [0.05, 0.1) is 5.56 Å². The number of amides is 1. The van der Waals surface area contributed by atoms with Gasteiger partial charge in [-0.25, -0.2) is 4.98 Å². The third kappa shape index (κ3) is 3.89. The van der Waals surface area contributed by atoms with Crippen LogP contribution in [0.3, 0.4) is 0 Å². The molecule has 0 bridgehead atoms. The number of hydrogen-bond acceptors (Lipinski definition) is 4. The van der Waals surface area contributed by atoms with Crippen molar-refractivity contribution in [3.63, 3.8) is 0 Å². The highest BCUT2D eigenvalue weighted by atomic mass is 32.1. The summed E-state index contributed by atoms with van der Waals surface area (Å²) < 4.78 is 0. The molecule has 1 heterocycles. The Balaban J connectivity index is 2.95. The predicted molar refractivity (Wildman–Crippen MR) is 81.3 cm³/mol. The number of likely N-dealkylation sites (N-methyl/N-ethyl adjacent to an activating group) is 1. The van der Waals surface area contributed by atoms with E-state index in [2.05, 4.69) is 10.3 Å². The Bertz CT molecular complexity index is 490. The fourth-order valence-corrected chi connectivity index (χ4v) is 1.78. The summed E-state index contributed by atoms with van der Waals surface area (Å²) in [5, 5.41) is 3.08. The summed E-state index contributed by atoms with van der Waals surface area (Å²) in [5.41, 5.74) is 7.15. The number of carbonyl (C=O) groups is 1. The number of nitrogens with two attached hydrogens (primary N) is 1. The normalized spacial score (nSPS) is 11.8. The molecule has 1 atom stereocenters. The number of nitrogens with zero attached hydrogens (tertiary/aromatic N) is 2. The van der Waals surface area contributed by atoms with Gasteiger partial charge in [-0.05, 0) is 32.9 Å². The van der Waals surface area contributed by atoms with Gasteiger partial charge in [-0.15, -0.1) is 0 Å². The highest BCUT2D eigenvalue weighted by molar-refractivity contribution is 7.80. The number of rotatable bonds is 5. The molecule has 0 aliphatic rings. The Morgan fingerprint density at radius 2 is 2.21 bits per heavy atom. The van der Waals surface area contributed by atoms with Crippen molar-refractivity contribution in [2.45, 2.75) is 26.8 Å². The molecule has 0 saturated heterocycles. The number of hydrogen-bond donors (Lipinski definition) is 2. The molecular formula is C13H20N4OS. The molecule has 0 aromatic carbocycles. The Kier molecular flexibility index (Phi) is 5.23. The van der Waals surface area contributed by atoms with E-state index in [0.29, 0.717) is 17.9 Å². The van der Waals surface area contributed by atoms with Gasteiger partial charge in [0.2, 0.25) is 5.91 Å².